The van der Waals surface area contributed by atoms with Gasteiger partial charge in [0.2, 0.25) is 11.1 Å². The molecule has 1 saturated carbocycles. The maximum absolute atomic E-state index is 12.8. The molecule has 6 nitrogen and oxygen atoms in total. The van der Waals surface area contributed by atoms with Crippen LogP contribution in [0.25, 0.3) is 0 Å². The summed E-state index contributed by atoms with van der Waals surface area (Å²) in [5.74, 6) is 1.63. The molecule has 0 radical (unpaired) electrons. The van der Waals surface area contributed by atoms with Gasteiger partial charge in [-0.2, -0.15) is 5.26 Å². The van der Waals surface area contributed by atoms with Crippen LogP contribution in [0.2, 0.25) is 0 Å². The van der Waals surface area contributed by atoms with Gasteiger partial charge < -0.3 is 5.32 Å². The molecule has 0 aromatic carbocycles. The highest BCUT2D eigenvalue weighted by atomic mass is 32.2. The molecule has 0 aliphatic heterocycles. The molecule has 1 amide bonds. The summed E-state index contributed by atoms with van der Waals surface area (Å²) in [4.78, 5) is 18.6. The second-order valence-corrected chi connectivity index (χ2v) is 10.8. The molecule has 0 bridgehead atoms. The molecule has 2 heterocycles. The monoisotopic (exact) mass is 443 g/mol. The van der Waals surface area contributed by atoms with Crippen LogP contribution in [0.5, 0.6) is 0 Å². The third kappa shape index (κ3) is 5.06. The summed E-state index contributed by atoms with van der Waals surface area (Å²) in [5.41, 5.74) is 1.81. The summed E-state index contributed by atoms with van der Waals surface area (Å²) in [7, 11) is 0. The molecule has 2 N–H and O–H groups in total. The number of hydrogen-bond acceptors (Lipinski definition) is 6. The van der Waals surface area contributed by atoms with Gasteiger partial charge in [0.15, 0.2) is 0 Å². The minimum absolute atomic E-state index is 0.106. The highest BCUT2D eigenvalue weighted by Gasteiger charge is 2.24. The lowest BCUT2D eigenvalue weighted by Crippen LogP contribution is -2.22. The van der Waals surface area contributed by atoms with Crippen LogP contribution < -0.4 is 5.32 Å². The number of anilines is 1. The maximum Gasteiger partial charge on any atom is 0.238 e. The Morgan fingerprint density at radius 2 is 2.10 bits per heavy atom. The molecule has 1 atom stereocenters. The van der Waals surface area contributed by atoms with Crippen molar-refractivity contribution in [3.05, 3.63) is 21.8 Å². The number of fused-ring (bicyclic) bond motifs is 1. The van der Waals surface area contributed by atoms with Gasteiger partial charge in [0.25, 0.3) is 0 Å². The fourth-order valence-electron chi connectivity index (χ4n) is 4.46. The Labute approximate surface area is 186 Å². The van der Waals surface area contributed by atoms with Crippen molar-refractivity contribution < 1.29 is 4.79 Å². The van der Waals surface area contributed by atoms with Crippen molar-refractivity contribution in [1.29, 1.82) is 5.26 Å². The van der Waals surface area contributed by atoms with Crippen LogP contribution in [0, 0.1) is 17.2 Å². The Bertz CT molecular complexity index is 923. The number of carbonyl (C=O) groups excluding carboxylic acids is 1. The first-order valence-corrected chi connectivity index (χ1v) is 12.8. The third-order valence-corrected chi connectivity index (χ3v) is 8.36. The molecule has 8 heteroatoms. The molecule has 2 aliphatic rings. The van der Waals surface area contributed by atoms with Crippen molar-refractivity contribution in [1.82, 2.24) is 15.2 Å². The molecule has 2 aromatic rings. The number of H-pyrrole nitrogens is 1. The molecule has 1 unspecified atom stereocenters. The van der Waals surface area contributed by atoms with E-state index in [0.29, 0.717) is 15.7 Å². The third-order valence-electron chi connectivity index (χ3n) is 6.20. The number of aromatic nitrogens is 3. The Balaban J connectivity index is 1.34. The minimum Gasteiger partial charge on any atom is -0.316 e. The number of carbonyl (C=O) groups is 1. The molecule has 1 fully saturated rings. The SMILES string of the molecule is CC(Sc1n[nH]c(CCC2CCCC2)n1)C(=O)Nc1sc2c(c1C#N)CCCCC2. The molecule has 0 saturated heterocycles. The average Bonchev–Trinajstić information content (AvgIpc) is 3.44. The number of hydrogen-bond donors (Lipinski definition) is 2. The van der Waals surface area contributed by atoms with Crippen LogP contribution in [0.15, 0.2) is 5.16 Å². The number of nitrogens with one attached hydrogen (secondary N) is 2. The first kappa shape index (κ1) is 21.4. The maximum atomic E-state index is 12.8. The van der Waals surface area contributed by atoms with Gasteiger partial charge in [-0.25, -0.2) is 4.98 Å². The first-order chi connectivity index (χ1) is 14.6. The van der Waals surface area contributed by atoms with E-state index in [-0.39, 0.29) is 11.2 Å². The smallest absolute Gasteiger partial charge is 0.238 e. The van der Waals surface area contributed by atoms with Gasteiger partial charge >= 0.3 is 0 Å². The van der Waals surface area contributed by atoms with Crippen molar-refractivity contribution in [2.75, 3.05) is 5.32 Å². The first-order valence-electron chi connectivity index (χ1n) is 11.1. The molecule has 2 aromatic heterocycles. The second kappa shape index (κ2) is 9.97. The van der Waals surface area contributed by atoms with Crippen molar-refractivity contribution in [3.63, 3.8) is 0 Å². The number of amides is 1. The second-order valence-electron chi connectivity index (χ2n) is 8.38. The van der Waals surface area contributed by atoms with E-state index in [0.717, 1.165) is 55.8 Å². The van der Waals surface area contributed by atoms with Crippen molar-refractivity contribution >= 4 is 34.0 Å². The molecule has 30 heavy (non-hydrogen) atoms. The van der Waals surface area contributed by atoms with Crippen LogP contribution >= 0.6 is 23.1 Å². The molecule has 4 rings (SSSR count). The lowest BCUT2D eigenvalue weighted by molar-refractivity contribution is -0.115. The van der Waals surface area contributed by atoms with Crippen LogP contribution in [0.3, 0.4) is 0 Å². The predicted octanol–water partition coefficient (Wildman–Crippen LogP) is 5.25. The minimum atomic E-state index is -0.336. The summed E-state index contributed by atoms with van der Waals surface area (Å²) in [6.45, 7) is 1.86. The van der Waals surface area contributed by atoms with Gasteiger partial charge in [-0.3, -0.25) is 9.89 Å². The standard InChI is InChI=1S/C22H29N5OS2/c1-14(29-22-24-19(26-27-22)12-11-15-7-5-6-8-15)20(28)25-21-17(13-23)16-9-3-2-4-10-18(16)30-21/h14-15H,2-12H2,1H3,(H,25,28)(H,24,26,27). The molecular formula is C22H29N5OS2. The number of aryl methyl sites for hydroxylation is 2. The van der Waals surface area contributed by atoms with E-state index in [2.05, 4.69) is 26.6 Å². The van der Waals surface area contributed by atoms with Gasteiger partial charge in [-0.05, 0) is 50.5 Å². The quantitative estimate of drug-likeness (QED) is 0.450. The largest absolute Gasteiger partial charge is 0.316 e. The van der Waals surface area contributed by atoms with Gasteiger partial charge in [-0.1, -0.05) is 43.9 Å². The number of nitriles is 1. The van der Waals surface area contributed by atoms with Crippen molar-refractivity contribution in [3.8, 4) is 6.07 Å². The molecular weight excluding hydrogens is 414 g/mol. The fourth-order valence-corrected chi connectivity index (χ4v) is 6.44. The summed E-state index contributed by atoms with van der Waals surface area (Å²) >= 11 is 2.93. The van der Waals surface area contributed by atoms with E-state index in [1.165, 1.54) is 48.7 Å². The molecule has 2 aliphatic carbocycles. The summed E-state index contributed by atoms with van der Waals surface area (Å²) in [5, 5.41) is 20.9. The fraction of sp³-hybridized carbons (Fsp3) is 0.636. The number of aromatic amines is 1. The summed E-state index contributed by atoms with van der Waals surface area (Å²) in [6.07, 6.45) is 12.9. The van der Waals surface area contributed by atoms with Crippen molar-refractivity contribution in [2.45, 2.75) is 88.0 Å². The number of thiophene rings is 1. The molecule has 0 spiro atoms. The molecule has 160 valence electrons. The van der Waals surface area contributed by atoms with E-state index in [1.807, 2.05) is 6.92 Å². The zero-order valence-electron chi connectivity index (χ0n) is 17.5. The van der Waals surface area contributed by atoms with E-state index in [1.54, 1.807) is 11.3 Å². The Morgan fingerprint density at radius 1 is 1.30 bits per heavy atom. The van der Waals surface area contributed by atoms with Gasteiger partial charge in [0.1, 0.15) is 16.9 Å². The van der Waals surface area contributed by atoms with Crippen LogP contribution in [0.1, 0.15) is 80.1 Å². The predicted molar refractivity (Wildman–Crippen MR) is 121 cm³/mol. The average molecular weight is 444 g/mol. The number of rotatable bonds is 7. The van der Waals surface area contributed by atoms with E-state index in [4.69, 9.17) is 0 Å². The van der Waals surface area contributed by atoms with Crippen molar-refractivity contribution in [2.24, 2.45) is 5.92 Å². The summed E-state index contributed by atoms with van der Waals surface area (Å²) < 4.78 is 0. The Morgan fingerprint density at radius 3 is 2.90 bits per heavy atom. The topological polar surface area (TPSA) is 94.5 Å². The Kier molecular flexibility index (Phi) is 7.11. The highest BCUT2D eigenvalue weighted by Crippen LogP contribution is 2.37. The van der Waals surface area contributed by atoms with Crippen LogP contribution in [0.4, 0.5) is 5.00 Å². The van der Waals surface area contributed by atoms with Crippen LogP contribution in [-0.2, 0) is 24.1 Å². The lowest BCUT2D eigenvalue weighted by atomic mass is 10.0. The van der Waals surface area contributed by atoms with E-state index >= 15 is 0 Å². The van der Waals surface area contributed by atoms with E-state index < -0.39 is 0 Å². The van der Waals surface area contributed by atoms with Gasteiger partial charge in [0.05, 0.1) is 10.8 Å². The number of nitrogens with zero attached hydrogens (tertiary/aromatic N) is 3. The zero-order valence-corrected chi connectivity index (χ0v) is 19.1. The van der Waals surface area contributed by atoms with Crippen LogP contribution in [-0.4, -0.2) is 26.3 Å². The lowest BCUT2D eigenvalue weighted by Gasteiger charge is -2.09. The van der Waals surface area contributed by atoms with Gasteiger partial charge in [-0.15, -0.1) is 16.4 Å². The highest BCUT2D eigenvalue weighted by molar-refractivity contribution is 8.00. The normalized spacial score (nSPS) is 17.9. The summed E-state index contributed by atoms with van der Waals surface area (Å²) in [6, 6.07) is 2.33. The Hall–Kier alpha value is -1.85. The number of thioether (sulfide) groups is 1. The van der Waals surface area contributed by atoms with E-state index in [9.17, 15) is 10.1 Å². The zero-order chi connectivity index (χ0) is 20.9. The van der Waals surface area contributed by atoms with Gasteiger partial charge in [0, 0.05) is 11.3 Å².